The molecule has 88 valence electrons. The van der Waals surface area contributed by atoms with Crippen LogP contribution >= 0.6 is 11.6 Å². The number of H-pyrrole nitrogens is 1. The molecule has 0 atom stereocenters. The van der Waals surface area contributed by atoms with Crippen molar-refractivity contribution >= 4 is 28.3 Å². The van der Waals surface area contributed by atoms with E-state index >= 15 is 0 Å². The lowest BCUT2D eigenvalue weighted by atomic mass is 10.0. The van der Waals surface area contributed by atoms with Crippen molar-refractivity contribution in [1.82, 2.24) is 4.98 Å². The first-order chi connectivity index (χ1) is 8.04. The highest BCUT2D eigenvalue weighted by Gasteiger charge is 2.09. The van der Waals surface area contributed by atoms with Gasteiger partial charge in [0, 0.05) is 22.0 Å². The summed E-state index contributed by atoms with van der Waals surface area (Å²) >= 11 is 5.53. The highest BCUT2D eigenvalue weighted by atomic mass is 35.5. The van der Waals surface area contributed by atoms with Crippen molar-refractivity contribution in [3.63, 3.8) is 0 Å². The molecule has 0 spiro atoms. The molecule has 1 aromatic carbocycles. The van der Waals surface area contributed by atoms with E-state index in [4.69, 9.17) is 11.6 Å². The second-order valence-electron chi connectivity index (χ2n) is 4.02. The Kier molecular flexibility index (Phi) is 3.03. The molecule has 1 heterocycles. The molecule has 0 saturated carbocycles. The van der Waals surface area contributed by atoms with E-state index in [9.17, 15) is 9.59 Å². The molecule has 2 rings (SSSR count). The van der Waals surface area contributed by atoms with E-state index in [1.165, 1.54) is 0 Å². The van der Waals surface area contributed by atoms with Gasteiger partial charge in [-0.3, -0.25) is 9.59 Å². The summed E-state index contributed by atoms with van der Waals surface area (Å²) in [6.45, 7) is 3.64. The molecular formula is C13H12ClNO2. The van der Waals surface area contributed by atoms with Gasteiger partial charge in [0.25, 0.3) is 5.56 Å². The van der Waals surface area contributed by atoms with Crippen LogP contribution < -0.4 is 5.56 Å². The molecule has 4 heteroatoms. The Labute approximate surface area is 103 Å². The number of carbonyl (C=O) groups is 1. The highest BCUT2D eigenvalue weighted by Crippen LogP contribution is 2.19. The molecule has 0 bridgehead atoms. The maximum Gasteiger partial charge on any atom is 0.251 e. The number of nitrogens with one attached hydrogen (secondary N) is 1. The molecule has 0 radical (unpaired) electrons. The number of aryl methyl sites for hydroxylation is 1. The molecule has 0 amide bonds. The molecule has 0 unspecified atom stereocenters. The monoisotopic (exact) mass is 249 g/mol. The van der Waals surface area contributed by atoms with Gasteiger partial charge in [0.05, 0.1) is 5.88 Å². The number of carbonyl (C=O) groups excluding carboxylic acids is 1. The van der Waals surface area contributed by atoms with E-state index < -0.39 is 0 Å². The molecule has 17 heavy (non-hydrogen) atoms. The number of pyridine rings is 1. The Morgan fingerprint density at radius 2 is 2.00 bits per heavy atom. The van der Waals surface area contributed by atoms with Gasteiger partial charge in [0.1, 0.15) is 0 Å². The van der Waals surface area contributed by atoms with E-state index in [-0.39, 0.29) is 17.2 Å². The number of benzene rings is 1. The third-order valence-corrected chi connectivity index (χ3v) is 3.26. The van der Waals surface area contributed by atoms with Crippen molar-refractivity contribution in [2.45, 2.75) is 13.8 Å². The summed E-state index contributed by atoms with van der Waals surface area (Å²) in [5.74, 6) is -0.149. The first kappa shape index (κ1) is 11.9. The van der Waals surface area contributed by atoms with Gasteiger partial charge >= 0.3 is 0 Å². The smallest absolute Gasteiger partial charge is 0.251 e. The number of hydrogen-bond acceptors (Lipinski definition) is 2. The van der Waals surface area contributed by atoms with Gasteiger partial charge in [0.2, 0.25) is 0 Å². The van der Waals surface area contributed by atoms with E-state index in [1.807, 2.05) is 6.92 Å². The van der Waals surface area contributed by atoms with Crippen LogP contribution in [0.15, 0.2) is 23.0 Å². The van der Waals surface area contributed by atoms with Crippen LogP contribution in [-0.4, -0.2) is 16.6 Å². The van der Waals surface area contributed by atoms with Gasteiger partial charge < -0.3 is 4.98 Å². The lowest BCUT2D eigenvalue weighted by Crippen LogP contribution is -2.11. The van der Waals surface area contributed by atoms with Crippen molar-refractivity contribution in [1.29, 1.82) is 0 Å². The van der Waals surface area contributed by atoms with Crippen molar-refractivity contribution in [3.8, 4) is 0 Å². The summed E-state index contributed by atoms with van der Waals surface area (Å²) in [4.78, 5) is 25.9. The Morgan fingerprint density at radius 3 is 2.65 bits per heavy atom. The first-order valence-electron chi connectivity index (χ1n) is 5.27. The molecule has 0 aliphatic rings. The predicted molar refractivity (Wildman–Crippen MR) is 69.1 cm³/mol. The minimum absolute atomic E-state index is 0.0348. The lowest BCUT2D eigenvalue weighted by Gasteiger charge is -2.06. The summed E-state index contributed by atoms with van der Waals surface area (Å²) in [6.07, 6.45) is 0. The van der Waals surface area contributed by atoms with E-state index in [2.05, 4.69) is 4.98 Å². The quantitative estimate of drug-likeness (QED) is 0.657. The third kappa shape index (κ3) is 1.98. The minimum atomic E-state index is -0.114. The summed E-state index contributed by atoms with van der Waals surface area (Å²) in [6, 6.07) is 5.19. The molecule has 1 N–H and O–H groups in total. The molecule has 0 fully saturated rings. The maximum atomic E-state index is 11.6. The fourth-order valence-corrected chi connectivity index (χ4v) is 1.96. The fourth-order valence-electron chi connectivity index (χ4n) is 1.80. The molecule has 3 nitrogen and oxygen atoms in total. The fraction of sp³-hybridized carbons (Fsp3) is 0.231. The zero-order chi connectivity index (χ0) is 12.6. The first-order valence-corrected chi connectivity index (χ1v) is 5.80. The number of aromatic nitrogens is 1. The summed E-state index contributed by atoms with van der Waals surface area (Å²) in [7, 11) is 0. The highest BCUT2D eigenvalue weighted by molar-refractivity contribution is 6.30. The predicted octanol–water partition coefficient (Wildman–Crippen LogP) is 2.57. The van der Waals surface area contributed by atoms with Crippen LogP contribution in [0.25, 0.3) is 10.9 Å². The Balaban J connectivity index is 2.77. The van der Waals surface area contributed by atoms with Crippen LogP contribution in [0.4, 0.5) is 0 Å². The third-order valence-electron chi connectivity index (χ3n) is 3.02. The minimum Gasteiger partial charge on any atom is -0.322 e. The normalized spacial score (nSPS) is 10.8. The van der Waals surface area contributed by atoms with Crippen LogP contribution in [-0.2, 0) is 0 Å². The topological polar surface area (TPSA) is 49.9 Å². The zero-order valence-electron chi connectivity index (χ0n) is 9.63. The largest absolute Gasteiger partial charge is 0.322 e. The summed E-state index contributed by atoms with van der Waals surface area (Å²) in [5.41, 5.74) is 2.79. The number of aromatic amines is 1. The van der Waals surface area contributed by atoms with Gasteiger partial charge in [-0.2, -0.15) is 0 Å². The number of rotatable bonds is 2. The molecule has 2 aromatic rings. The number of alkyl halides is 1. The standard InChI is InChI=1S/C13H12ClNO2/c1-7-8(2)13(17)15-11-4-3-9(5-10(7)11)12(16)6-14/h3-5H,6H2,1-2H3,(H,15,17). The average molecular weight is 250 g/mol. The van der Waals surface area contributed by atoms with E-state index in [0.717, 1.165) is 16.5 Å². The van der Waals surface area contributed by atoms with Gasteiger partial charge in [-0.25, -0.2) is 0 Å². The van der Waals surface area contributed by atoms with Gasteiger partial charge in [-0.15, -0.1) is 11.6 Å². The summed E-state index contributed by atoms with van der Waals surface area (Å²) < 4.78 is 0. The average Bonchev–Trinajstić information content (AvgIpc) is 2.35. The molecular weight excluding hydrogens is 238 g/mol. The Morgan fingerprint density at radius 1 is 1.29 bits per heavy atom. The van der Waals surface area contributed by atoms with Gasteiger partial charge in [0.15, 0.2) is 5.78 Å². The van der Waals surface area contributed by atoms with Crippen LogP contribution in [0.1, 0.15) is 21.5 Å². The number of hydrogen-bond donors (Lipinski definition) is 1. The zero-order valence-corrected chi connectivity index (χ0v) is 10.4. The second kappa shape index (κ2) is 4.34. The Hall–Kier alpha value is -1.61. The van der Waals surface area contributed by atoms with Crippen LogP contribution in [0.5, 0.6) is 0 Å². The molecule has 0 aliphatic carbocycles. The van der Waals surface area contributed by atoms with Crippen LogP contribution in [0.2, 0.25) is 0 Å². The number of fused-ring (bicyclic) bond motifs is 1. The van der Waals surface area contributed by atoms with Crippen molar-refractivity contribution in [3.05, 3.63) is 45.2 Å². The summed E-state index contributed by atoms with van der Waals surface area (Å²) in [5, 5.41) is 0.887. The van der Waals surface area contributed by atoms with E-state index in [0.29, 0.717) is 11.1 Å². The van der Waals surface area contributed by atoms with E-state index in [1.54, 1.807) is 25.1 Å². The van der Waals surface area contributed by atoms with Crippen LogP contribution in [0.3, 0.4) is 0 Å². The second-order valence-corrected chi connectivity index (χ2v) is 4.29. The molecule has 0 aliphatic heterocycles. The van der Waals surface area contributed by atoms with Gasteiger partial charge in [-0.1, -0.05) is 0 Å². The van der Waals surface area contributed by atoms with Gasteiger partial charge in [-0.05, 0) is 37.6 Å². The van der Waals surface area contributed by atoms with Crippen LogP contribution in [0, 0.1) is 13.8 Å². The van der Waals surface area contributed by atoms with Crippen molar-refractivity contribution in [2.24, 2.45) is 0 Å². The number of halogens is 1. The Bertz CT molecular complexity index is 658. The number of ketones is 1. The lowest BCUT2D eigenvalue weighted by molar-refractivity contribution is 0.102. The molecule has 0 saturated heterocycles. The van der Waals surface area contributed by atoms with Crippen molar-refractivity contribution < 1.29 is 4.79 Å². The number of Topliss-reactive ketones (excluding diaryl/α,β-unsaturated/α-hetero) is 1. The molecule has 1 aromatic heterocycles. The maximum absolute atomic E-state index is 11.6. The van der Waals surface area contributed by atoms with Crippen molar-refractivity contribution in [2.75, 3.05) is 5.88 Å². The SMILES string of the molecule is Cc1c(C)c2cc(C(=O)CCl)ccc2[nH]c1=O.